The summed E-state index contributed by atoms with van der Waals surface area (Å²) in [7, 11) is 0. The number of allylic oxidation sites excluding steroid dienone is 4. The SMILES string of the molecule is C[C@]12C=CC(=O)C[C@@H]1CC=CC2. The fraction of sp³-hybridized carbons (Fsp3) is 0.545. The quantitative estimate of drug-likeness (QED) is 0.500. The lowest BCUT2D eigenvalue weighted by Gasteiger charge is -2.38. The fourth-order valence-corrected chi connectivity index (χ4v) is 2.15. The molecule has 0 fully saturated rings. The topological polar surface area (TPSA) is 17.1 Å². The van der Waals surface area contributed by atoms with Crippen molar-refractivity contribution in [3.63, 3.8) is 0 Å². The van der Waals surface area contributed by atoms with Gasteiger partial charge in [0.25, 0.3) is 0 Å². The van der Waals surface area contributed by atoms with Crippen LogP contribution in [0.5, 0.6) is 0 Å². The minimum absolute atomic E-state index is 0.267. The Balaban J connectivity index is 2.30. The highest BCUT2D eigenvalue weighted by molar-refractivity contribution is 5.91. The molecule has 2 atom stereocenters. The van der Waals surface area contributed by atoms with Crippen molar-refractivity contribution in [2.75, 3.05) is 0 Å². The van der Waals surface area contributed by atoms with Crippen molar-refractivity contribution < 1.29 is 4.79 Å². The van der Waals surface area contributed by atoms with Crippen LogP contribution in [0.25, 0.3) is 0 Å². The summed E-state index contributed by atoms with van der Waals surface area (Å²) in [6.45, 7) is 2.25. The summed E-state index contributed by atoms with van der Waals surface area (Å²) in [5.41, 5.74) is 0.267. The zero-order valence-corrected chi connectivity index (χ0v) is 7.42. The molecule has 0 radical (unpaired) electrons. The molecule has 2 aliphatic rings. The van der Waals surface area contributed by atoms with Gasteiger partial charge in [-0.05, 0) is 30.3 Å². The third-order valence-corrected chi connectivity index (χ3v) is 3.18. The van der Waals surface area contributed by atoms with E-state index in [4.69, 9.17) is 0 Å². The van der Waals surface area contributed by atoms with E-state index in [-0.39, 0.29) is 5.41 Å². The van der Waals surface area contributed by atoms with Crippen LogP contribution < -0.4 is 0 Å². The monoisotopic (exact) mass is 162 g/mol. The highest BCUT2D eigenvalue weighted by Gasteiger charge is 2.35. The molecule has 0 N–H and O–H groups in total. The summed E-state index contributed by atoms with van der Waals surface area (Å²) in [5, 5.41) is 0. The van der Waals surface area contributed by atoms with Gasteiger partial charge in [-0.1, -0.05) is 25.2 Å². The van der Waals surface area contributed by atoms with Crippen LogP contribution in [0.3, 0.4) is 0 Å². The number of fused-ring (bicyclic) bond motifs is 1. The molecule has 0 heterocycles. The van der Waals surface area contributed by atoms with Gasteiger partial charge in [0, 0.05) is 6.42 Å². The van der Waals surface area contributed by atoms with E-state index in [0.29, 0.717) is 11.7 Å². The van der Waals surface area contributed by atoms with E-state index >= 15 is 0 Å². The predicted octanol–water partition coefficient (Wildman–Crippen LogP) is 2.49. The zero-order valence-electron chi connectivity index (χ0n) is 7.42. The molecule has 0 unspecified atom stereocenters. The summed E-state index contributed by atoms with van der Waals surface area (Å²) in [6, 6.07) is 0. The fourth-order valence-electron chi connectivity index (χ4n) is 2.15. The average Bonchev–Trinajstić information content (AvgIpc) is 2.06. The lowest BCUT2D eigenvalue weighted by molar-refractivity contribution is -0.117. The summed E-state index contributed by atoms with van der Waals surface area (Å²) >= 11 is 0. The van der Waals surface area contributed by atoms with E-state index < -0.39 is 0 Å². The summed E-state index contributed by atoms with van der Waals surface area (Å²) in [5.74, 6) is 0.854. The van der Waals surface area contributed by atoms with Crippen LogP contribution in [0.4, 0.5) is 0 Å². The molecular formula is C11H14O. The Morgan fingerprint density at radius 1 is 1.50 bits per heavy atom. The zero-order chi connectivity index (χ0) is 8.60. The van der Waals surface area contributed by atoms with Gasteiger partial charge in [-0.25, -0.2) is 0 Å². The molecule has 0 aromatic rings. The molecule has 0 amide bonds. The molecular weight excluding hydrogens is 148 g/mol. The van der Waals surface area contributed by atoms with Gasteiger partial charge in [-0.2, -0.15) is 0 Å². The van der Waals surface area contributed by atoms with Crippen molar-refractivity contribution in [3.05, 3.63) is 24.3 Å². The van der Waals surface area contributed by atoms with Crippen LogP contribution in [0.15, 0.2) is 24.3 Å². The van der Waals surface area contributed by atoms with Crippen molar-refractivity contribution in [3.8, 4) is 0 Å². The number of rotatable bonds is 0. The molecule has 1 nitrogen and oxygen atoms in total. The van der Waals surface area contributed by atoms with E-state index in [1.54, 1.807) is 6.08 Å². The van der Waals surface area contributed by atoms with Crippen LogP contribution in [-0.4, -0.2) is 5.78 Å². The molecule has 0 aliphatic heterocycles. The first kappa shape index (κ1) is 7.78. The van der Waals surface area contributed by atoms with Gasteiger partial charge in [0.2, 0.25) is 0 Å². The maximum absolute atomic E-state index is 11.1. The van der Waals surface area contributed by atoms with E-state index in [0.717, 1.165) is 19.3 Å². The van der Waals surface area contributed by atoms with E-state index in [9.17, 15) is 4.79 Å². The average molecular weight is 162 g/mol. The van der Waals surface area contributed by atoms with Crippen LogP contribution in [-0.2, 0) is 4.79 Å². The molecule has 0 saturated carbocycles. The number of hydrogen-bond donors (Lipinski definition) is 0. The number of carbonyl (C=O) groups is 1. The normalized spacial score (nSPS) is 39.8. The highest BCUT2D eigenvalue weighted by Crippen LogP contribution is 2.43. The van der Waals surface area contributed by atoms with Crippen LogP contribution >= 0.6 is 0 Å². The van der Waals surface area contributed by atoms with Gasteiger partial charge in [0.1, 0.15) is 0 Å². The first-order chi connectivity index (χ1) is 5.71. The third kappa shape index (κ3) is 1.13. The van der Waals surface area contributed by atoms with E-state index in [1.807, 2.05) is 0 Å². The number of carbonyl (C=O) groups excluding carboxylic acids is 1. The summed E-state index contributed by atoms with van der Waals surface area (Å²) < 4.78 is 0. The molecule has 0 spiro atoms. The van der Waals surface area contributed by atoms with Gasteiger partial charge >= 0.3 is 0 Å². The molecule has 2 rings (SSSR count). The Kier molecular flexibility index (Phi) is 1.67. The Morgan fingerprint density at radius 3 is 3.17 bits per heavy atom. The van der Waals surface area contributed by atoms with Crippen LogP contribution in [0.1, 0.15) is 26.2 Å². The lowest BCUT2D eigenvalue weighted by Crippen LogP contribution is -2.31. The van der Waals surface area contributed by atoms with Gasteiger partial charge < -0.3 is 0 Å². The molecule has 0 aromatic carbocycles. The molecule has 0 bridgehead atoms. The predicted molar refractivity (Wildman–Crippen MR) is 48.7 cm³/mol. The maximum atomic E-state index is 11.1. The van der Waals surface area contributed by atoms with Gasteiger partial charge in [-0.15, -0.1) is 0 Å². The molecule has 0 aromatic heterocycles. The minimum atomic E-state index is 0.267. The van der Waals surface area contributed by atoms with Crippen LogP contribution in [0.2, 0.25) is 0 Å². The van der Waals surface area contributed by atoms with Crippen LogP contribution in [0, 0.1) is 11.3 Å². The number of ketones is 1. The number of hydrogen-bond acceptors (Lipinski definition) is 1. The van der Waals surface area contributed by atoms with Gasteiger partial charge in [0.05, 0.1) is 0 Å². The Bertz CT molecular complexity index is 262. The lowest BCUT2D eigenvalue weighted by atomic mass is 9.66. The summed E-state index contributed by atoms with van der Waals surface area (Å²) in [4.78, 5) is 11.1. The maximum Gasteiger partial charge on any atom is 0.155 e. The Labute approximate surface area is 73.2 Å². The Morgan fingerprint density at radius 2 is 2.33 bits per heavy atom. The molecule has 0 saturated heterocycles. The van der Waals surface area contributed by atoms with Crippen molar-refractivity contribution in [2.24, 2.45) is 11.3 Å². The second kappa shape index (κ2) is 2.58. The van der Waals surface area contributed by atoms with Crippen molar-refractivity contribution in [1.29, 1.82) is 0 Å². The molecule has 12 heavy (non-hydrogen) atoms. The van der Waals surface area contributed by atoms with Gasteiger partial charge in [0.15, 0.2) is 5.78 Å². The van der Waals surface area contributed by atoms with Crippen molar-refractivity contribution >= 4 is 5.78 Å². The molecule has 1 heteroatoms. The first-order valence-electron chi connectivity index (χ1n) is 4.58. The van der Waals surface area contributed by atoms with E-state index in [2.05, 4.69) is 25.2 Å². The van der Waals surface area contributed by atoms with Crippen molar-refractivity contribution in [2.45, 2.75) is 26.2 Å². The van der Waals surface area contributed by atoms with Crippen molar-refractivity contribution in [1.82, 2.24) is 0 Å². The second-order valence-electron chi connectivity index (χ2n) is 4.12. The minimum Gasteiger partial charge on any atom is -0.295 e. The smallest absolute Gasteiger partial charge is 0.155 e. The third-order valence-electron chi connectivity index (χ3n) is 3.18. The largest absolute Gasteiger partial charge is 0.295 e. The molecule has 64 valence electrons. The standard InChI is InChI=1S/C11H14O/c1-11-6-3-2-4-9(11)8-10(12)5-7-11/h2-3,5,7,9H,4,6,8H2,1H3/t9-,11-/m0/s1. The Hall–Kier alpha value is -0.850. The van der Waals surface area contributed by atoms with E-state index in [1.165, 1.54) is 0 Å². The van der Waals surface area contributed by atoms with Gasteiger partial charge in [-0.3, -0.25) is 4.79 Å². The molecule has 2 aliphatic carbocycles. The summed E-state index contributed by atoms with van der Waals surface area (Å²) in [6.07, 6.45) is 11.2. The highest BCUT2D eigenvalue weighted by atomic mass is 16.1. The second-order valence-corrected chi connectivity index (χ2v) is 4.12. The first-order valence-corrected chi connectivity index (χ1v) is 4.58.